The molecule has 1 aromatic rings. The first-order valence-electron chi connectivity index (χ1n) is 6.46. The van der Waals surface area contributed by atoms with Crippen molar-refractivity contribution in [1.29, 1.82) is 0 Å². The van der Waals surface area contributed by atoms with E-state index >= 15 is 0 Å². The van der Waals surface area contributed by atoms with Gasteiger partial charge in [0.2, 0.25) is 0 Å². The van der Waals surface area contributed by atoms with Gasteiger partial charge in [0.15, 0.2) is 0 Å². The van der Waals surface area contributed by atoms with Crippen LogP contribution in [0, 0.1) is 5.41 Å². The Hall–Kier alpha value is -1.57. The van der Waals surface area contributed by atoms with Crippen LogP contribution in [0.4, 0.5) is 0 Å². The van der Waals surface area contributed by atoms with Gasteiger partial charge in [-0.05, 0) is 36.0 Å². The lowest BCUT2D eigenvalue weighted by atomic mass is 9.65. The molecule has 3 rings (SSSR count). The molecule has 0 spiro atoms. The molecule has 1 fully saturated rings. The molecular weight excluding hydrogens is 224 g/mol. The molecule has 94 valence electrons. The number of carbonyl (C=O) groups excluding carboxylic acids is 1. The van der Waals surface area contributed by atoms with E-state index in [0.29, 0.717) is 18.1 Å². The fourth-order valence-electron chi connectivity index (χ4n) is 3.71. The summed E-state index contributed by atoms with van der Waals surface area (Å²) in [6.45, 7) is 6.27. The predicted octanol–water partition coefficient (Wildman–Crippen LogP) is 3.56. The Balaban J connectivity index is 2.22. The van der Waals surface area contributed by atoms with E-state index in [1.165, 1.54) is 5.56 Å². The number of hydrogen-bond donors (Lipinski definition) is 0. The van der Waals surface area contributed by atoms with Gasteiger partial charge >= 0.3 is 0 Å². The van der Waals surface area contributed by atoms with Gasteiger partial charge in [-0.15, -0.1) is 0 Å². The van der Waals surface area contributed by atoms with Gasteiger partial charge in [-0.2, -0.15) is 0 Å². The second kappa shape index (κ2) is 3.71. The van der Waals surface area contributed by atoms with Crippen molar-refractivity contribution in [3.63, 3.8) is 0 Å². The summed E-state index contributed by atoms with van der Waals surface area (Å²) in [5.41, 5.74) is 3.18. The normalized spacial score (nSPS) is 30.0. The van der Waals surface area contributed by atoms with Crippen molar-refractivity contribution < 1.29 is 9.53 Å². The van der Waals surface area contributed by atoms with Crippen LogP contribution in [-0.4, -0.2) is 12.9 Å². The minimum Gasteiger partial charge on any atom is -0.496 e. The summed E-state index contributed by atoms with van der Waals surface area (Å²) >= 11 is 0. The summed E-state index contributed by atoms with van der Waals surface area (Å²) < 4.78 is 5.45. The molecule has 0 aromatic heterocycles. The van der Waals surface area contributed by atoms with Crippen molar-refractivity contribution in [2.24, 2.45) is 5.41 Å². The Labute approximate surface area is 108 Å². The van der Waals surface area contributed by atoms with Gasteiger partial charge in [-0.3, -0.25) is 4.79 Å². The first kappa shape index (κ1) is 11.5. The number of ether oxygens (including phenoxy) is 1. The molecule has 0 unspecified atom stereocenters. The number of carbonyl (C=O) groups is 1. The highest BCUT2D eigenvalue weighted by atomic mass is 16.5. The Morgan fingerprint density at radius 3 is 2.94 bits per heavy atom. The molecule has 0 amide bonds. The van der Waals surface area contributed by atoms with E-state index in [0.717, 1.165) is 29.7 Å². The predicted molar refractivity (Wildman–Crippen MR) is 71.7 cm³/mol. The van der Waals surface area contributed by atoms with Crippen LogP contribution in [0.3, 0.4) is 0 Å². The van der Waals surface area contributed by atoms with E-state index in [2.05, 4.69) is 19.6 Å². The van der Waals surface area contributed by atoms with E-state index in [1.807, 2.05) is 12.1 Å². The van der Waals surface area contributed by atoms with Crippen molar-refractivity contribution in [3.05, 3.63) is 35.9 Å². The van der Waals surface area contributed by atoms with Crippen LogP contribution in [0.15, 0.2) is 24.8 Å². The van der Waals surface area contributed by atoms with Gasteiger partial charge in [-0.1, -0.05) is 25.6 Å². The lowest BCUT2D eigenvalue weighted by molar-refractivity contribution is -0.125. The molecule has 1 saturated carbocycles. The van der Waals surface area contributed by atoms with Gasteiger partial charge < -0.3 is 4.74 Å². The summed E-state index contributed by atoms with van der Waals surface area (Å²) in [5, 5.41) is 0. The minimum absolute atomic E-state index is 0.240. The maximum absolute atomic E-state index is 12.2. The molecule has 0 bridgehead atoms. The second-order valence-electron chi connectivity index (χ2n) is 5.64. The van der Waals surface area contributed by atoms with E-state index in [4.69, 9.17) is 4.74 Å². The summed E-state index contributed by atoms with van der Waals surface area (Å²) in [6.07, 6.45) is 2.43. The summed E-state index contributed by atoms with van der Waals surface area (Å²) in [7, 11) is 1.69. The zero-order chi connectivity index (χ0) is 12.9. The first-order valence-corrected chi connectivity index (χ1v) is 6.46. The van der Waals surface area contributed by atoms with Crippen LogP contribution < -0.4 is 4.74 Å². The van der Waals surface area contributed by atoms with Crippen molar-refractivity contribution in [2.45, 2.75) is 32.1 Å². The van der Waals surface area contributed by atoms with E-state index in [1.54, 1.807) is 7.11 Å². The van der Waals surface area contributed by atoms with Crippen LogP contribution in [0.25, 0.3) is 5.57 Å². The van der Waals surface area contributed by atoms with Crippen LogP contribution in [0.5, 0.6) is 5.75 Å². The first-order chi connectivity index (χ1) is 8.58. The standard InChI is InChI=1S/C16H18O2/c1-10-9-16(2)12(7-8-14(16)17)11-5-4-6-13(18-3)15(10)11/h4-6,12H,1,7-9H2,2-3H3/t12-,16-/m0/s1. The summed E-state index contributed by atoms with van der Waals surface area (Å²) in [6, 6.07) is 6.12. The van der Waals surface area contributed by atoms with Crippen LogP contribution in [0.1, 0.15) is 43.2 Å². The third kappa shape index (κ3) is 1.32. The molecule has 0 aliphatic heterocycles. The smallest absolute Gasteiger partial charge is 0.139 e. The SMILES string of the molecule is C=C1C[C@]2(C)C(=O)CC[C@H]2c2cccc(OC)c21. The van der Waals surface area contributed by atoms with Gasteiger partial charge in [0.05, 0.1) is 7.11 Å². The number of ketones is 1. The van der Waals surface area contributed by atoms with E-state index in [9.17, 15) is 4.79 Å². The van der Waals surface area contributed by atoms with Crippen molar-refractivity contribution in [3.8, 4) is 5.75 Å². The third-order valence-corrected chi connectivity index (χ3v) is 4.65. The molecule has 18 heavy (non-hydrogen) atoms. The Morgan fingerprint density at radius 1 is 1.44 bits per heavy atom. The second-order valence-corrected chi connectivity index (χ2v) is 5.64. The number of fused-ring (bicyclic) bond motifs is 3. The molecule has 1 aromatic carbocycles. The number of rotatable bonds is 1. The monoisotopic (exact) mass is 242 g/mol. The number of Topliss-reactive ketones (excluding diaryl/α,β-unsaturated/α-hetero) is 1. The van der Waals surface area contributed by atoms with Crippen LogP contribution >= 0.6 is 0 Å². The fourth-order valence-corrected chi connectivity index (χ4v) is 3.71. The van der Waals surface area contributed by atoms with E-state index in [-0.39, 0.29) is 5.41 Å². The molecule has 2 heteroatoms. The third-order valence-electron chi connectivity index (χ3n) is 4.65. The molecule has 0 N–H and O–H groups in total. The molecule has 0 radical (unpaired) electrons. The summed E-state index contributed by atoms with van der Waals surface area (Å²) in [4.78, 5) is 12.2. The Morgan fingerprint density at radius 2 is 2.22 bits per heavy atom. The van der Waals surface area contributed by atoms with Crippen molar-refractivity contribution in [2.75, 3.05) is 7.11 Å². The van der Waals surface area contributed by atoms with Crippen molar-refractivity contribution >= 4 is 11.4 Å². The highest BCUT2D eigenvalue weighted by Crippen LogP contribution is 2.57. The lowest BCUT2D eigenvalue weighted by Gasteiger charge is -2.38. The quantitative estimate of drug-likeness (QED) is 0.752. The average Bonchev–Trinajstić information content (AvgIpc) is 2.65. The van der Waals surface area contributed by atoms with Gasteiger partial charge in [0.25, 0.3) is 0 Å². The van der Waals surface area contributed by atoms with Crippen LogP contribution in [-0.2, 0) is 4.79 Å². The number of methoxy groups -OCH3 is 1. The van der Waals surface area contributed by atoms with Gasteiger partial charge in [0, 0.05) is 17.4 Å². The molecule has 0 saturated heterocycles. The molecule has 2 nitrogen and oxygen atoms in total. The topological polar surface area (TPSA) is 26.3 Å². The Kier molecular flexibility index (Phi) is 2.37. The Bertz CT molecular complexity index is 544. The molecule has 0 heterocycles. The molecule has 2 aliphatic carbocycles. The number of benzene rings is 1. The number of hydrogen-bond acceptors (Lipinski definition) is 2. The van der Waals surface area contributed by atoms with Crippen molar-refractivity contribution in [1.82, 2.24) is 0 Å². The van der Waals surface area contributed by atoms with Gasteiger partial charge in [0.1, 0.15) is 11.5 Å². The zero-order valence-electron chi connectivity index (χ0n) is 11.0. The highest BCUT2D eigenvalue weighted by Gasteiger charge is 2.50. The van der Waals surface area contributed by atoms with Crippen LogP contribution in [0.2, 0.25) is 0 Å². The highest BCUT2D eigenvalue weighted by molar-refractivity contribution is 5.92. The summed E-state index contributed by atoms with van der Waals surface area (Å²) in [5.74, 6) is 1.61. The lowest BCUT2D eigenvalue weighted by Crippen LogP contribution is -2.31. The van der Waals surface area contributed by atoms with Gasteiger partial charge in [-0.25, -0.2) is 0 Å². The zero-order valence-corrected chi connectivity index (χ0v) is 11.0. The largest absolute Gasteiger partial charge is 0.496 e. The fraction of sp³-hybridized carbons (Fsp3) is 0.438. The maximum Gasteiger partial charge on any atom is 0.139 e. The molecular formula is C16H18O2. The average molecular weight is 242 g/mol. The number of allylic oxidation sites excluding steroid dienone is 1. The molecule has 2 aliphatic rings. The molecule has 2 atom stereocenters. The van der Waals surface area contributed by atoms with E-state index < -0.39 is 0 Å². The maximum atomic E-state index is 12.2. The minimum atomic E-state index is -0.240.